The molecule has 0 radical (unpaired) electrons. The number of aryl methyl sites for hydroxylation is 2. The van der Waals surface area contributed by atoms with E-state index >= 15 is 0 Å². The third-order valence-electron chi connectivity index (χ3n) is 10.1. The number of hydrogen-bond acceptors (Lipinski definition) is 2. The Morgan fingerprint density at radius 2 is 1.06 bits per heavy atom. The minimum absolute atomic E-state index is 0.861. The van der Waals surface area contributed by atoms with Gasteiger partial charge < -0.3 is 9.55 Å². The second kappa shape index (κ2) is 13.3. The van der Waals surface area contributed by atoms with Crippen molar-refractivity contribution in [2.45, 2.75) is 26.7 Å². The quantitative estimate of drug-likeness (QED) is 0.191. The van der Waals surface area contributed by atoms with E-state index in [0.717, 1.165) is 96.8 Å². The topological polar surface area (TPSA) is 46.5 Å². The molecular formula is C48H38N4. The van der Waals surface area contributed by atoms with Crippen molar-refractivity contribution in [3.05, 3.63) is 197 Å². The Hall–Kier alpha value is -6.52. The highest BCUT2D eigenvalue weighted by Crippen LogP contribution is 2.46. The maximum atomic E-state index is 5.74. The second-order valence-electron chi connectivity index (χ2n) is 13.2. The molecule has 0 saturated carbocycles. The Morgan fingerprint density at radius 3 is 1.67 bits per heavy atom. The van der Waals surface area contributed by atoms with Crippen LogP contribution in [0.4, 0.5) is 0 Å². The van der Waals surface area contributed by atoms with Crippen molar-refractivity contribution >= 4 is 45.4 Å². The molecule has 0 amide bonds. The maximum Gasteiger partial charge on any atom is 0.0822 e. The molecule has 0 unspecified atom stereocenters. The molecule has 5 heterocycles. The van der Waals surface area contributed by atoms with Crippen LogP contribution in [-0.4, -0.2) is 19.5 Å². The fourth-order valence-electron chi connectivity index (χ4n) is 7.86. The van der Waals surface area contributed by atoms with Crippen LogP contribution in [0.5, 0.6) is 0 Å². The van der Waals surface area contributed by atoms with Crippen LogP contribution in [0.2, 0.25) is 0 Å². The Labute approximate surface area is 304 Å². The third kappa shape index (κ3) is 5.50. The van der Waals surface area contributed by atoms with E-state index in [2.05, 4.69) is 187 Å². The average molecular weight is 671 g/mol. The molecule has 9 rings (SSSR count). The van der Waals surface area contributed by atoms with Crippen LogP contribution in [0.15, 0.2) is 152 Å². The van der Waals surface area contributed by atoms with E-state index < -0.39 is 0 Å². The average Bonchev–Trinajstić information content (AvgIpc) is 3.98. The standard InChI is InChI=1S/C48H38N4/c1-3-40-41(4-2)48-46(34-21-13-7-14-22-34)47-45(33-19-11-6-12-20-33)44(32-17-9-5-10-18-32)42(51-47)30-37-27-25-35(49-37)29-36-26-28-38(50-36)31-43(40)52(48)39-23-15-8-16-24-39/h5-31,49H,3-4H2,1-2H3. The van der Waals surface area contributed by atoms with Crippen molar-refractivity contribution in [1.82, 2.24) is 19.5 Å². The van der Waals surface area contributed by atoms with Gasteiger partial charge in [-0.2, -0.15) is 0 Å². The van der Waals surface area contributed by atoms with Gasteiger partial charge in [0.15, 0.2) is 0 Å². The van der Waals surface area contributed by atoms with Gasteiger partial charge in [0, 0.05) is 33.4 Å². The number of H-pyrrole nitrogens is 1. The maximum absolute atomic E-state index is 5.74. The highest BCUT2D eigenvalue weighted by molar-refractivity contribution is 6.10. The first-order valence-corrected chi connectivity index (χ1v) is 18.1. The molecule has 1 N–H and O–H groups in total. The zero-order valence-corrected chi connectivity index (χ0v) is 29.3. The molecule has 0 atom stereocenters. The van der Waals surface area contributed by atoms with E-state index in [0.29, 0.717) is 0 Å². The van der Waals surface area contributed by atoms with Crippen molar-refractivity contribution in [3.8, 4) is 16.8 Å². The van der Waals surface area contributed by atoms with E-state index in [4.69, 9.17) is 9.97 Å². The molecule has 0 spiro atoms. The Kier molecular flexibility index (Phi) is 8.05. The number of rotatable bonds is 6. The summed E-state index contributed by atoms with van der Waals surface area (Å²) >= 11 is 0. The van der Waals surface area contributed by atoms with Crippen molar-refractivity contribution in [3.63, 3.8) is 0 Å². The molecule has 4 heteroatoms. The summed E-state index contributed by atoms with van der Waals surface area (Å²) in [6.45, 7) is 4.55. The fourth-order valence-corrected chi connectivity index (χ4v) is 7.86. The predicted molar refractivity (Wildman–Crippen MR) is 217 cm³/mol. The second-order valence-corrected chi connectivity index (χ2v) is 13.2. The minimum Gasteiger partial charge on any atom is -0.355 e. The van der Waals surface area contributed by atoms with E-state index in [-0.39, 0.29) is 0 Å². The van der Waals surface area contributed by atoms with Gasteiger partial charge in [0.2, 0.25) is 0 Å². The first-order chi connectivity index (χ1) is 25.7. The normalized spacial score (nSPS) is 12.4. The van der Waals surface area contributed by atoms with Crippen LogP contribution in [-0.2, 0) is 12.8 Å². The van der Waals surface area contributed by atoms with E-state index in [1.807, 2.05) is 0 Å². The van der Waals surface area contributed by atoms with Crippen LogP contribution in [0, 0.1) is 0 Å². The molecule has 7 aromatic rings. The lowest BCUT2D eigenvalue weighted by molar-refractivity contribution is 1.07. The Morgan fingerprint density at radius 1 is 0.519 bits per heavy atom. The van der Waals surface area contributed by atoms with Crippen LogP contribution >= 0.6 is 0 Å². The van der Waals surface area contributed by atoms with Gasteiger partial charge in [-0.05, 0) is 95.3 Å². The van der Waals surface area contributed by atoms with Gasteiger partial charge in [-0.15, -0.1) is 0 Å². The first kappa shape index (κ1) is 31.5. The minimum atomic E-state index is 0.861. The number of hydrogen-bond donors (Lipinski definition) is 1. The molecule has 8 bridgehead atoms. The highest BCUT2D eigenvalue weighted by atomic mass is 15.0. The monoisotopic (exact) mass is 670 g/mol. The highest BCUT2D eigenvalue weighted by Gasteiger charge is 2.29. The van der Waals surface area contributed by atoms with Crippen LogP contribution < -0.4 is 0 Å². The molecule has 2 aliphatic heterocycles. The number of aromatic nitrogens is 4. The van der Waals surface area contributed by atoms with Gasteiger partial charge >= 0.3 is 0 Å². The van der Waals surface area contributed by atoms with Crippen molar-refractivity contribution in [1.29, 1.82) is 0 Å². The van der Waals surface area contributed by atoms with Gasteiger partial charge in [0.25, 0.3) is 0 Å². The number of aromatic amines is 1. The summed E-state index contributed by atoms with van der Waals surface area (Å²) in [7, 11) is 0. The number of para-hydroxylation sites is 1. The van der Waals surface area contributed by atoms with Gasteiger partial charge in [0.1, 0.15) is 0 Å². The van der Waals surface area contributed by atoms with Gasteiger partial charge in [-0.1, -0.05) is 123 Å². The van der Waals surface area contributed by atoms with Crippen LogP contribution in [0.1, 0.15) is 58.9 Å². The van der Waals surface area contributed by atoms with E-state index in [1.54, 1.807) is 0 Å². The zero-order valence-electron chi connectivity index (χ0n) is 29.3. The largest absolute Gasteiger partial charge is 0.355 e. The molecular weight excluding hydrogens is 633 g/mol. The SMILES string of the molecule is CCc1c(CC)c2c(-c3ccccc3)c3nc(cc4ccc(cc5nc(cc1n2-c1ccccc1)C=C5)[nH]4)C(c1ccccc1)=C3c1ccccc1. The van der Waals surface area contributed by atoms with E-state index in [1.165, 1.54) is 11.1 Å². The molecule has 52 heavy (non-hydrogen) atoms. The Balaban J connectivity index is 1.60. The molecule has 3 aromatic heterocycles. The first-order valence-electron chi connectivity index (χ1n) is 18.1. The molecule has 4 nitrogen and oxygen atoms in total. The lowest BCUT2D eigenvalue weighted by atomic mass is 9.89. The number of fused-ring (bicyclic) bond motifs is 8. The van der Waals surface area contributed by atoms with E-state index in [9.17, 15) is 0 Å². The summed E-state index contributed by atoms with van der Waals surface area (Å²) in [5.41, 5.74) is 18.5. The lowest BCUT2D eigenvalue weighted by Crippen LogP contribution is -1.99. The van der Waals surface area contributed by atoms with Crippen LogP contribution in [0.25, 0.3) is 62.2 Å². The van der Waals surface area contributed by atoms with Gasteiger partial charge in [-0.3, -0.25) is 0 Å². The van der Waals surface area contributed by atoms with Crippen molar-refractivity contribution < 1.29 is 0 Å². The number of benzene rings is 4. The van der Waals surface area contributed by atoms with Crippen molar-refractivity contribution in [2.24, 2.45) is 0 Å². The summed E-state index contributed by atoms with van der Waals surface area (Å²) in [6.07, 6.45) is 5.96. The molecule has 2 aliphatic rings. The predicted octanol–water partition coefficient (Wildman–Crippen LogP) is 11.7. The van der Waals surface area contributed by atoms with Crippen molar-refractivity contribution in [2.75, 3.05) is 0 Å². The molecule has 0 saturated heterocycles. The number of nitrogens with one attached hydrogen (secondary N) is 1. The summed E-state index contributed by atoms with van der Waals surface area (Å²) in [5, 5.41) is 0. The zero-order chi connectivity index (χ0) is 35.0. The molecule has 4 aromatic carbocycles. The third-order valence-corrected chi connectivity index (χ3v) is 10.1. The molecule has 0 aliphatic carbocycles. The molecule has 250 valence electrons. The number of nitrogens with zero attached hydrogens (tertiary/aromatic N) is 3. The summed E-state index contributed by atoms with van der Waals surface area (Å²) in [4.78, 5) is 14.5. The summed E-state index contributed by atoms with van der Waals surface area (Å²) in [5.74, 6) is 0. The Bertz CT molecular complexity index is 2660. The lowest BCUT2D eigenvalue weighted by Gasteiger charge is -2.16. The van der Waals surface area contributed by atoms with Crippen LogP contribution in [0.3, 0.4) is 0 Å². The van der Waals surface area contributed by atoms with Gasteiger partial charge in [0.05, 0.1) is 33.8 Å². The van der Waals surface area contributed by atoms with Gasteiger partial charge in [-0.25, -0.2) is 9.97 Å². The summed E-state index contributed by atoms with van der Waals surface area (Å²) < 4.78 is 2.47. The molecule has 0 fully saturated rings. The summed E-state index contributed by atoms with van der Waals surface area (Å²) in [6, 6.07) is 53.9. The smallest absolute Gasteiger partial charge is 0.0822 e. The fraction of sp³-hybridized carbons (Fsp3) is 0.0833.